The van der Waals surface area contributed by atoms with Gasteiger partial charge >= 0.3 is 0 Å². The van der Waals surface area contributed by atoms with Crippen molar-refractivity contribution in [2.75, 3.05) is 34.2 Å². The molecule has 1 aliphatic heterocycles. The van der Waals surface area contributed by atoms with Crippen molar-refractivity contribution >= 4 is 21.8 Å². The van der Waals surface area contributed by atoms with Gasteiger partial charge in [-0.3, -0.25) is 9.59 Å². The van der Waals surface area contributed by atoms with Crippen LogP contribution in [0.1, 0.15) is 6.42 Å². The van der Waals surface area contributed by atoms with E-state index in [1.165, 1.54) is 31.1 Å². The van der Waals surface area contributed by atoms with Crippen LogP contribution in [0.15, 0.2) is 35.2 Å². The number of carbonyl (C=O) groups excluding carboxylic acids is 2. The molecule has 0 N–H and O–H groups in total. The lowest BCUT2D eigenvalue weighted by Gasteiger charge is -2.25. The Morgan fingerprint density at radius 2 is 1.87 bits per heavy atom. The van der Waals surface area contributed by atoms with Crippen molar-refractivity contribution in [3.63, 3.8) is 0 Å². The molecular formula is C15H21N3O4S. The lowest BCUT2D eigenvalue weighted by molar-refractivity contribution is -0.140. The predicted octanol–water partition coefficient (Wildman–Crippen LogP) is -0.00380. The maximum Gasteiger partial charge on any atom is 0.245 e. The fourth-order valence-electron chi connectivity index (χ4n) is 2.50. The molecule has 8 heteroatoms. The molecule has 0 radical (unpaired) electrons. The molecule has 2 amide bonds. The number of hydrogen-bond donors (Lipinski definition) is 0. The molecule has 1 unspecified atom stereocenters. The third-order valence-electron chi connectivity index (χ3n) is 4.07. The number of amides is 2. The van der Waals surface area contributed by atoms with E-state index in [1.807, 2.05) is 0 Å². The van der Waals surface area contributed by atoms with Crippen LogP contribution in [-0.2, 0) is 19.6 Å². The molecule has 1 aromatic rings. The SMILES string of the molecule is CN1CCC(N(C)C(=O)CN(C)S(=O)(=O)c2ccccc2)C1=O. The molecule has 1 atom stereocenters. The van der Waals surface area contributed by atoms with Crippen molar-refractivity contribution in [2.45, 2.75) is 17.4 Å². The van der Waals surface area contributed by atoms with E-state index in [-0.39, 0.29) is 17.3 Å². The van der Waals surface area contributed by atoms with E-state index in [9.17, 15) is 18.0 Å². The third-order valence-corrected chi connectivity index (χ3v) is 5.89. The second-order valence-electron chi connectivity index (χ2n) is 5.64. The van der Waals surface area contributed by atoms with Gasteiger partial charge in [-0.2, -0.15) is 4.31 Å². The van der Waals surface area contributed by atoms with Gasteiger partial charge in [0.15, 0.2) is 0 Å². The van der Waals surface area contributed by atoms with Crippen LogP contribution < -0.4 is 0 Å². The first kappa shape index (κ1) is 17.4. The largest absolute Gasteiger partial charge is 0.344 e. The topological polar surface area (TPSA) is 78.0 Å². The highest BCUT2D eigenvalue weighted by molar-refractivity contribution is 7.89. The minimum Gasteiger partial charge on any atom is -0.344 e. The first-order valence-electron chi connectivity index (χ1n) is 7.27. The Labute approximate surface area is 136 Å². The van der Waals surface area contributed by atoms with Gasteiger partial charge < -0.3 is 9.80 Å². The summed E-state index contributed by atoms with van der Waals surface area (Å²) in [5.74, 6) is -0.518. The highest BCUT2D eigenvalue weighted by atomic mass is 32.2. The van der Waals surface area contributed by atoms with Gasteiger partial charge in [-0.25, -0.2) is 8.42 Å². The quantitative estimate of drug-likeness (QED) is 0.756. The zero-order valence-electron chi connectivity index (χ0n) is 13.5. The molecule has 23 heavy (non-hydrogen) atoms. The standard InChI is InChI=1S/C15H21N3O4S/c1-16-10-9-13(15(16)20)18(3)14(19)11-17(2)23(21,22)12-7-5-4-6-8-12/h4-8,13H,9-11H2,1-3H3. The normalized spacial score (nSPS) is 18.5. The summed E-state index contributed by atoms with van der Waals surface area (Å²) in [6, 6.07) is 7.43. The number of carbonyl (C=O) groups is 2. The number of sulfonamides is 1. The van der Waals surface area contributed by atoms with Crippen LogP contribution in [0.25, 0.3) is 0 Å². The Morgan fingerprint density at radius 3 is 2.39 bits per heavy atom. The first-order valence-corrected chi connectivity index (χ1v) is 8.71. The molecule has 0 spiro atoms. The smallest absolute Gasteiger partial charge is 0.245 e. The van der Waals surface area contributed by atoms with E-state index in [2.05, 4.69) is 0 Å². The molecule has 0 aliphatic carbocycles. The predicted molar refractivity (Wildman–Crippen MR) is 85.1 cm³/mol. The summed E-state index contributed by atoms with van der Waals surface area (Å²) in [5, 5.41) is 0. The molecular weight excluding hydrogens is 318 g/mol. The number of nitrogens with zero attached hydrogens (tertiary/aromatic N) is 3. The second-order valence-corrected chi connectivity index (χ2v) is 7.69. The van der Waals surface area contributed by atoms with E-state index in [0.29, 0.717) is 13.0 Å². The molecule has 1 heterocycles. The minimum atomic E-state index is -3.72. The highest BCUT2D eigenvalue weighted by Gasteiger charge is 2.35. The number of benzene rings is 1. The van der Waals surface area contributed by atoms with Crippen LogP contribution >= 0.6 is 0 Å². The summed E-state index contributed by atoms with van der Waals surface area (Å²) in [5.41, 5.74) is 0. The van der Waals surface area contributed by atoms with E-state index in [4.69, 9.17) is 0 Å². The van der Waals surface area contributed by atoms with Gasteiger partial charge in [0, 0.05) is 27.7 Å². The van der Waals surface area contributed by atoms with Crippen molar-refractivity contribution in [2.24, 2.45) is 0 Å². The van der Waals surface area contributed by atoms with Crippen LogP contribution in [0.4, 0.5) is 0 Å². The zero-order valence-corrected chi connectivity index (χ0v) is 14.3. The summed E-state index contributed by atoms with van der Waals surface area (Å²) in [4.78, 5) is 27.3. The zero-order chi connectivity index (χ0) is 17.2. The molecule has 0 bridgehead atoms. The number of likely N-dealkylation sites (tertiary alicyclic amines) is 1. The summed E-state index contributed by atoms with van der Waals surface area (Å²) in [7, 11) is 0.855. The van der Waals surface area contributed by atoms with E-state index < -0.39 is 22.0 Å². The highest BCUT2D eigenvalue weighted by Crippen LogP contribution is 2.17. The van der Waals surface area contributed by atoms with Gasteiger partial charge in [0.1, 0.15) is 6.04 Å². The average molecular weight is 339 g/mol. The van der Waals surface area contributed by atoms with Crippen LogP contribution in [0, 0.1) is 0 Å². The molecule has 2 rings (SSSR count). The fourth-order valence-corrected chi connectivity index (χ4v) is 3.64. The van der Waals surface area contributed by atoms with Gasteiger partial charge in [-0.1, -0.05) is 18.2 Å². The average Bonchev–Trinajstić information content (AvgIpc) is 2.87. The summed E-state index contributed by atoms with van der Waals surface area (Å²) in [6.07, 6.45) is 0.562. The molecule has 1 aliphatic rings. The number of hydrogen-bond acceptors (Lipinski definition) is 4. The van der Waals surface area contributed by atoms with Crippen LogP contribution in [0.2, 0.25) is 0 Å². The van der Waals surface area contributed by atoms with Crippen LogP contribution in [0.5, 0.6) is 0 Å². The van der Waals surface area contributed by atoms with Gasteiger partial charge in [0.25, 0.3) is 0 Å². The Balaban J connectivity index is 2.06. The van der Waals surface area contributed by atoms with E-state index in [0.717, 1.165) is 4.31 Å². The van der Waals surface area contributed by atoms with Crippen LogP contribution in [0.3, 0.4) is 0 Å². The van der Waals surface area contributed by atoms with Crippen molar-refractivity contribution in [1.29, 1.82) is 0 Å². The van der Waals surface area contributed by atoms with Crippen molar-refractivity contribution in [3.8, 4) is 0 Å². The van der Waals surface area contributed by atoms with Gasteiger partial charge in [0.2, 0.25) is 21.8 Å². The lowest BCUT2D eigenvalue weighted by Crippen LogP contribution is -2.46. The second kappa shape index (κ2) is 6.67. The van der Waals surface area contributed by atoms with E-state index in [1.54, 1.807) is 30.1 Å². The molecule has 0 saturated carbocycles. The Bertz CT molecular complexity index is 690. The fraction of sp³-hybridized carbons (Fsp3) is 0.467. The summed E-state index contributed by atoms with van der Waals surface area (Å²) >= 11 is 0. The van der Waals surface area contributed by atoms with Crippen molar-refractivity contribution < 1.29 is 18.0 Å². The Kier molecular flexibility index (Phi) is 5.06. The Hall–Kier alpha value is -1.93. The Morgan fingerprint density at radius 1 is 1.26 bits per heavy atom. The van der Waals surface area contributed by atoms with Crippen LogP contribution in [-0.4, -0.2) is 74.6 Å². The first-order chi connectivity index (χ1) is 10.7. The van der Waals surface area contributed by atoms with Gasteiger partial charge in [-0.15, -0.1) is 0 Å². The van der Waals surface area contributed by atoms with Crippen molar-refractivity contribution in [3.05, 3.63) is 30.3 Å². The molecule has 1 saturated heterocycles. The number of rotatable bonds is 5. The van der Waals surface area contributed by atoms with Gasteiger partial charge in [0.05, 0.1) is 11.4 Å². The molecule has 7 nitrogen and oxygen atoms in total. The summed E-state index contributed by atoms with van der Waals surface area (Å²) < 4.78 is 25.8. The molecule has 126 valence electrons. The lowest BCUT2D eigenvalue weighted by atomic mass is 10.2. The maximum atomic E-state index is 12.4. The van der Waals surface area contributed by atoms with Crippen molar-refractivity contribution in [1.82, 2.24) is 14.1 Å². The number of likely N-dealkylation sites (N-methyl/N-ethyl adjacent to an activating group) is 3. The molecule has 1 fully saturated rings. The summed E-state index contributed by atoms with van der Waals surface area (Å²) in [6.45, 7) is 0.292. The third kappa shape index (κ3) is 3.53. The molecule has 0 aromatic heterocycles. The van der Waals surface area contributed by atoms with Gasteiger partial charge in [-0.05, 0) is 18.6 Å². The van der Waals surface area contributed by atoms with E-state index >= 15 is 0 Å². The molecule has 1 aromatic carbocycles. The minimum absolute atomic E-state index is 0.116. The monoisotopic (exact) mass is 339 g/mol. The maximum absolute atomic E-state index is 12.4.